The van der Waals surface area contributed by atoms with Crippen LogP contribution in [0, 0.1) is 12.7 Å². The predicted molar refractivity (Wildman–Crippen MR) is 74.9 cm³/mol. The lowest BCUT2D eigenvalue weighted by Crippen LogP contribution is -2.28. The molecule has 0 spiro atoms. The van der Waals surface area contributed by atoms with Gasteiger partial charge in [-0.25, -0.2) is 9.37 Å². The van der Waals surface area contributed by atoms with Gasteiger partial charge in [-0.1, -0.05) is 18.2 Å². The lowest BCUT2D eigenvalue weighted by molar-refractivity contribution is -0.118. The average molecular weight is 270 g/mol. The van der Waals surface area contributed by atoms with Gasteiger partial charge in [-0.2, -0.15) is 0 Å². The fourth-order valence-electron chi connectivity index (χ4n) is 2.38. The van der Waals surface area contributed by atoms with E-state index in [0.717, 1.165) is 24.0 Å². The summed E-state index contributed by atoms with van der Waals surface area (Å²) >= 11 is 0. The summed E-state index contributed by atoms with van der Waals surface area (Å²) in [7, 11) is 0. The van der Waals surface area contributed by atoms with Crippen molar-refractivity contribution in [3.05, 3.63) is 59.5 Å². The van der Waals surface area contributed by atoms with Crippen molar-refractivity contribution in [1.29, 1.82) is 0 Å². The lowest BCUT2D eigenvalue weighted by Gasteiger charge is -2.16. The molecule has 1 aliphatic rings. The zero-order valence-corrected chi connectivity index (χ0v) is 11.2. The summed E-state index contributed by atoms with van der Waals surface area (Å²) in [5, 5.41) is 2.88. The Hall–Kier alpha value is -2.23. The SMILES string of the molecule is Cc1cccnc1NC(=O)C1(c2ccc(F)cc2)CC1. The van der Waals surface area contributed by atoms with E-state index in [9.17, 15) is 9.18 Å². The van der Waals surface area contributed by atoms with E-state index in [1.165, 1.54) is 12.1 Å². The number of hydrogen-bond acceptors (Lipinski definition) is 2. The smallest absolute Gasteiger partial charge is 0.236 e. The third kappa shape index (κ3) is 2.18. The molecule has 0 bridgehead atoms. The zero-order chi connectivity index (χ0) is 14.2. The van der Waals surface area contributed by atoms with E-state index in [4.69, 9.17) is 0 Å². The van der Waals surface area contributed by atoms with Gasteiger partial charge in [0.1, 0.15) is 11.6 Å². The van der Waals surface area contributed by atoms with Crippen molar-refractivity contribution in [2.45, 2.75) is 25.2 Å². The number of nitrogens with one attached hydrogen (secondary N) is 1. The Kier molecular flexibility index (Phi) is 3.01. The molecule has 0 atom stereocenters. The van der Waals surface area contributed by atoms with Crippen LogP contribution in [0.3, 0.4) is 0 Å². The number of amides is 1. The summed E-state index contributed by atoms with van der Waals surface area (Å²) in [5.41, 5.74) is 1.28. The van der Waals surface area contributed by atoms with Gasteiger partial charge in [-0.05, 0) is 49.1 Å². The van der Waals surface area contributed by atoms with Gasteiger partial charge in [0.05, 0.1) is 5.41 Å². The van der Waals surface area contributed by atoms with E-state index < -0.39 is 5.41 Å². The summed E-state index contributed by atoms with van der Waals surface area (Å²) in [6.45, 7) is 1.90. The van der Waals surface area contributed by atoms with Crippen molar-refractivity contribution >= 4 is 11.7 Å². The van der Waals surface area contributed by atoms with Crippen LogP contribution < -0.4 is 5.32 Å². The number of carbonyl (C=O) groups is 1. The number of carbonyl (C=O) groups excluding carboxylic acids is 1. The van der Waals surface area contributed by atoms with Gasteiger partial charge >= 0.3 is 0 Å². The molecule has 1 aromatic heterocycles. The van der Waals surface area contributed by atoms with Crippen LogP contribution >= 0.6 is 0 Å². The maximum absolute atomic E-state index is 13.0. The molecular weight excluding hydrogens is 255 g/mol. The quantitative estimate of drug-likeness (QED) is 0.930. The molecule has 1 heterocycles. The van der Waals surface area contributed by atoms with Crippen molar-refractivity contribution in [2.24, 2.45) is 0 Å². The maximum Gasteiger partial charge on any atom is 0.236 e. The number of aryl methyl sites for hydroxylation is 1. The van der Waals surface area contributed by atoms with Crippen LogP contribution in [0.4, 0.5) is 10.2 Å². The van der Waals surface area contributed by atoms with Crippen molar-refractivity contribution < 1.29 is 9.18 Å². The minimum absolute atomic E-state index is 0.0640. The minimum atomic E-state index is -0.516. The molecule has 20 heavy (non-hydrogen) atoms. The van der Waals surface area contributed by atoms with E-state index in [-0.39, 0.29) is 11.7 Å². The first-order valence-corrected chi connectivity index (χ1v) is 6.61. The minimum Gasteiger partial charge on any atom is -0.310 e. The first kappa shape index (κ1) is 12.8. The second-order valence-corrected chi connectivity index (χ2v) is 5.21. The highest BCUT2D eigenvalue weighted by molar-refractivity contribution is 6.01. The van der Waals surface area contributed by atoms with E-state index in [1.807, 2.05) is 19.1 Å². The second-order valence-electron chi connectivity index (χ2n) is 5.21. The molecule has 3 rings (SSSR count). The van der Waals surface area contributed by atoms with Crippen molar-refractivity contribution in [1.82, 2.24) is 4.98 Å². The molecule has 1 amide bonds. The molecule has 1 N–H and O–H groups in total. The number of aromatic nitrogens is 1. The Morgan fingerprint density at radius 1 is 1.25 bits per heavy atom. The number of pyridine rings is 1. The van der Waals surface area contributed by atoms with Crippen LogP contribution in [0.15, 0.2) is 42.6 Å². The molecule has 3 nitrogen and oxygen atoms in total. The molecule has 102 valence electrons. The maximum atomic E-state index is 13.0. The van der Waals surface area contributed by atoms with Gasteiger partial charge in [0, 0.05) is 6.20 Å². The van der Waals surface area contributed by atoms with Gasteiger partial charge in [0.15, 0.2) is 0 Å². The molecule has 1 fully saturated rings. The number of rotatable bonds is 3. The van der Waals surface area contributed by atoms with Crippen molar-refractivity contribution in [3.63, 3.8) is 0 Å². The standard InChI is InChI=1S/C16H15FN2O/c1-11-3-2-10-18-14(11)19-15(20)16(8-9-16)12-4-6-13(17)7-5-12/h2-7,10H,8-9H2,1H3,(H,18,19,20). The Balaban J connectivity index is 1.84. The summed E-state index contributed by atoms with van der Waals surface area (Å²) in [6, 6.07) is 9.90. The van der Waals surface area contributed by atoms with Gasteiger partial charge in [-0.3, -0.25) is 4.79 Å². The Bertz CT molecular complexity index is 648. The first-order valence-electron chi connectivity index (χ1n) is 6.61. The third-order valence-electron chi connectivity index (χ3n) is 3.82. The summed E-state index contributed by atoms with van der Waals surface area (Å²) in [5.74, 6) is 0.238. The predicted octanol–water partition coefficient (Wildman–Crippen LogP) is 3.20. The Morgan fingerprint density at radius 2 is 1.95 bits per heavy atom. The Labute approximate surface area is 116 Å². The number of anilines is 1. The van der Waals surface area contributed by atoms with Gasteiger partial charge in [0.25, 0.3) is 0 Å². The summed E-state index contributed by atoms with van der Waals surface area (Å²) < 4.78 is 13.0. The molecule has 4 heteroatoms. The first-order chi connectivity index (χ1) is 9.62. The molecule has 0 unspecified atom stereocenters. The lowest BCUT2D eigenvalue weighted by atomic mass is 9.95. The normalized spacial score (nSPS) is 15.7. The van der Waals surface area contributed by atoms with Crippen LogP contribution in [0.1, 0.15) is 24.0 Å². The molecule has 0 saturated heterocycles. The number of hydrogen-bond donors (Lipinski definition) is 1. The van der Waals surface area contributed by atoms with E-state index in [1.54, 1.807) is 18.3 Å². The summed E-state index contributed by atoms with van der Waals surface area (Å²) in [4.78, 5) is 16.7. The van der Waals surface area contributed by atoms with Crippen molar-refractivity contribution in [2.75, 3.05) is 5.32 Å². The van der Waals surface area contributed by atoms with E-state index >= 15 is 0 Å². The van der Waals surface area contributed by atoms with E-state index in [0.29, 0.717) is 5.82 Å². The molecule has 1 aliphatic carbocycles. The van der Waals surface area contributed by atoms with Crippen LogP contribution in [0.25, 0.3) is 0 Å². The van der Waals surface area contributed by atoms with E-state index in [2.05, 4.69) is 10.3 Å². The van der Waals surface area contributed by atoms with Crippen LogP contribution in [0.2, 0.25) is 0 Å². The zero-order valence-electron chi connectivity index (χ0n) is 11.2. The highest BCUT2D eigenvalue weighted by atomic mass is 19.1. The van der Waals surface area contributed by atoms with Gasteiger partial charge in [-0.15, -0.1) is 0 Å². The number of halogens is 1. The molecular formula is C16H15FN2O. The molecule has 1 saturated carbocycles. The average Bonchev–Trinajstić information content (AvgIpc) is 3.24. The topological polar surface area (TPSA) is 42.0 Å². The number of nitrogens with zero attached hydrogens (tertiary/aromatic N) is 1. The monoisotopic (exact) mass is 270 g/mol. The highest BCUT2D eigenvalue weighted by Gasteiger charge is 2.51. The van der Waals surface area contributed by atoms with Crippen LogP contribution in [-0.4, -0.2) is 10.9 Å². The molecule has 1 aromatic carbocycles. The molecule has 0 radical (unpaired) electrons. The van der Waals surface area contributed by atoms with Crippen LogP contribution in [0.5, 0.6) is 0 Å². The fraction of sp³-hybridized carbons (Fsp3) is 0.250. The van der Waals surface area contributed by atoms with Crippen LogP contribution in [-0.2, 0) is 10.2 Å². The van der Waals surface area contributed by atoms with Gasteiger partial charge < -0.3 is 5.32 Å². The Morgan fingerprint density at radius 3 is 2.55 bits per heavy atom. The molecule has 2 aromatic rings. The molecule has 0 aliphatic heterocycles. The number of benzene rings is 1. The highest BCUT2D eigenvalue weighted by Crippen LogP contribution is 2.49. The summed E-state index contributed by atoms with van der Waals surface area (Å²) in [6.07, 6.45) is 3.23. The van der Waals surface area contributed by atoms with Gasteiger partial charge in [0.2, 0.25) is 5.91 Å². The second kappa shape index (κ2) is 4.71. The largest absolute Gasteiger partial charge is 0.310 e. The van der Waals surface area contributed by atoms with Crippen molar-refractivity contribution in [3.8, 4) is 0 Å². The third-order valence-corrected chi connectivity index (χ3v) is 3.82. The fourth-order valence-corrected chi connectivity index (χ4v) is 2.38.